The fraction of sp³-hybridized carbons (Fsp3) is 1.00. The molecule has 0 amide bonds. The van der Waals surface area contributed by atoms with Gasteiger partial charge in [0.25, 0.3) is 0 Å². The minimum Gasteiger partial charge on any atom is -0.356 e. The first-order chi connectivity index (χ1) is 7.45. The molecule has 104 valence electrons. The van der Waals surface area contributed by atoms with Gasteiger partial charge < -0.3 is 9.47 Å². The Kier molecular flexibility index (Phi) is 5.32. The minimum atomic E-state index is -6.19. The van der Waals surface area contributed by atoms with Crippen LogP contribution >= 0.6 is 0 Å². The monoisotopic (exact) mass is 284 g/mol. The second kappa shape index (κ2) is 5.46. The molecule has 0 rings (SSSR count). The summed E-state index contributed by atoms with van der Waals surface area (Å²) in [5.74, 6) is -4.94. The van der Waals surface area contributed by atoms with Crippen LogP contribution in [0.15, 0.2) is 0 Å². The maximum Gasteiger partial charge on any atom is 0.431 e. The average Bonchev–Trinajstić information content (AvgIpc) is 2.15. The fourth-order valence-electron chi connectivity index (χ4n) is 0.755. The van der Waals surface area contributed by atoms with Gasteiger partial charge in [0.1, 0.15) is 0 Å². The molecule has 1 atom stereocenters. The molecule has 0 bridgehead atoms. The lowest BCUT2D eigenvalue weighted by molar-refractivity contribution is -0.184. The predicted molar refractivity (Wildman–Crippen MR) is 48.5 cm³/mol. The molecule has 0 fully saturated rings. The van der Waals surface area contributed by atoms with Crippen LogP contribution in [0.5, 0.6) is 0 Å². The number of hydrogen-bond acceptors (Lipinski definition) is 4. The first-order valence-electron chi connectivity index (χ1n) is 4.33. The van der Waals surface area contributed by atoms with Crippen molar-refractivity contribution in [1.29, 1.82) is 0 Å². The van der Waals surface area contributed by atoms with E-state index < -0.39 is 40.6 Å². The number of alkyl halides is 4. The van der Waals surface area contributed by atoms with Crippen LogP contribution in [0.3, 0.4) is 0 Å². The van der Waals surface area contributed by atoms with Gasteiger partial charge in [-0.05, 0) is 6.92 Å². The maximum atomic E-state index is 12.8. The van der Waals surface area contributed by atoms with Gasteiger partial charge in [-0.3, -0.25) is 4.55 Å². The minimum absolute atomic E-state index is 0.854. The third-order valence-corrected chi connectivity index (χ3v) is 2.80. The van der Waals surface area contributed by atoms with Crippen molar-refractivity contribution in [3.8, 4) is 0 Å². The third kappa shape index (κ3) is 4.05. The zero-order valence-electron chi connectivity index (χ0n) is 8.99. The summed E-state index contributed by atoms with van der Waals surface area (Å²) >= 11 is 0. The van der Waals surface area contributed by atoms with Gasteiger partial charge in [-0.2, -0.15) is 26.0 Å². The van der Waals surface area contributed by atoms with Gasteiger partial charge >= 0.3 is 21.3 Å². The van der Waals surface area contributed by atoms with Crippen LogP contribution < -0.4 is 0 Å². The molecule has 0 spiro atoms. The van der Waals surface area contributed by atoms with Crippen molar-refractivity contribution in [2.24, 2.45) is 0 Å². The first-order valence-corrected chi connectivity index (χ1v) is 5.77. The van der Waals surface area contributed by atoms with Crippen molar-refractivity contribution in [1.82, 2.24) is 0 Å². The standard InChI is InChI=1S/C7H12F4O5S/c1-5(15-2)16-4-3-6(8,9)7(10,11)17(12,13)14/h5H,3-4H2,1-2H3,(H,12,13,14). The van der Waals surface area contributed by atoms with Crippen molar-refractivity contribution in [2.75, 3.05) is 13.7 Å². The summed E-state index contributed by atoms with van der Waals surface area (Å²) in [5, 5.41) is -5.56. The smallest absolute Gasteiger partial charge is 0.356 e. The van der Waals surface area contributed by atoms with Crippen molar-refractivity contribution < 1.29 is 40.0 Å². The quantitative estimate of drug-likeness (QED) is 0.436. The molecule has 0 radical (unpaired) electrons. The van der Waals surface area contributed by atoms with E-state index in [1.165, 1.54) is 14.0 Å². The summed E-state index contributed by atoms with van der Waals surface area (Å²) in [7, 11) is -4.98. The van der Waals surface area contributed by atoms with Crippen molar-refractivity contribution in [3.63, 3.8) is 0 Å². The van der Waals surface area contributed by atoms with E-state index in [1.807, 2.05) is 0 Å². The Labute approximate surface area is 95.4 Å². The average molecular weight is 284 g/mol. The van der Waals surface area contributed by atoms with Gasteiger partial charge in [0.05, 0.1) is 6.61 Å². The second-order valence-electron chi connectivity index (χ2n) is 3.12. The maximum absolute atomic E-state index is 12.8. The molecule has 0 saturated heterocycles. The topological polar surface area (TPSA) is 72.8 Å². The molecule has 1 N–H and O–H groups in total. The van der Waals surface area contributed by atoms with Gasteiger partial charge in [0.15, 0.2) is 6.29 Å². The lowest BCUT2D eigenvalue weighted by atomic mass is 10.2. The summed E-state index contributed by atoms with van der Waals surface area (Å²) in [5.41, 5.74) is 0. The normalized spacial score (nSPS) is 15.9. The van der Waals surface area contributed by atoms with Gasteiger partial charge in [0.2, 0.25) is 0 Å². The molecular weight excluding hydrogens is 272 g/mol. The lowest BCUT2D eigenvalue weighted by Crippen LogP contribution is -2.47. The highest BCUT2D eigenvalue weighted by Gasteiger charge is 2.65. The lowest BCUT2D eigenvalue weighted by Gasteiger charge is -2.24. The van der Waals surface area contributed by atoms with Crippen LogP contribution in [0.4, 0.5) is 17.6 Å². The Morgan fingerprint density at radius 1 is 1.29 bits per heavy atom. The summed E-state index contributed by atoms with van der Waals surface area (Å²) in [6.45, 7) is 0.478. The summed E-state index contributed by atoms with van der Waals surface area (Å²) in [6, 6.07) is 0. The second-order valence-corrected chi connectivity index (χ2v) is 4.58. The molecule has 0 aromatic rings. The van der Waals surface area contributed by atoms with Crippen LogP contribution in [-0.4, -0.2) is 44.2 Å². The Morgan fingerprint density at radius 3 is 2.12 bits per heavy atom. The molecule has 0 heterocycles. The molecule has 0 aromatic carbocycles. The van der Waals surface area contributed by atoms with Gasteiger partial charge in [-0.1, -0.05) is 0 Å². The molecule has 0 saturated carbocycles. The molecule has 5 nitrogen and oxygen atoms in total. The number of halogens is 4. The van der Waals surface area contributed by atoms with Crippen LogP contribution in [0.2, 0.25) is 0 Å². The van der Waals surface area contributed by atoms with E-state index in [9.17, 15) is 26.0 Å². The van der Waals surface area contributed by atoms with E-state index in [0.717, 1.165) is 0 Å². The highest BCUT2D eigenvalue weighted by atomic mass is 32.2. The van der Waals surface area contributed by atoms with Gasteiger partial charge in [-0.25, -0.2) is 0 Å². The Bertz CT molecular complexity index is 342. The van der Waals surface area contributed by atoms with Crippen LogP contribution in [0, 0.1) is 0 Å². The molecule has 0 aliphatic rings. The SMILES string of the molecule is COC(C)OCCC(F)(F)C(F)(F)S(=O)(=O)O. The number of hydrogen-bond donors (Lipinski definition) is 1. The van der Waals surface area contributed by atoms with Gasteiger partial charge in [0, 0.05) is 13.5 Å². The third-order valence-electron chi connectivity index (χ3n) is 1.85. The van der Waals surface area contributed by atoms with Crippen LogP contribution in [0.25, 0.3) is 0 Å². The zero-order chi connectivity index (χ0) is 13.9. The molecule has 1 unspecified atom stereocenters. The zero-order valence-corrected chi connectivity index (χ0v) is 9.81. The van der Waals surface area contributed by atoms with E-state index in [0.29, 0.717) is 0 Å². The van der Waals surface area contributed by atoms with E-state index in [-0.39, 0.29) is 0 Å². The number of rotatable bonds is 7. The van der Waals surface area contributed by atoms with Gasteiger partial charge in [-0.15, -0.1) is 0 Å². The highest BCUT2D eigenvalue weighted by molar-refractivity contribution is 7.87. The van der Waals surface area contributed by atoms with Crippen molar-refractivity contribution >= 4 is 10.1 Å². The Balaban J connectivity index is 4.59. The number of ether oxygens (including phenoxy) is 2. The summed E-state index contributed by atoms with van der Waals surface area (Å²) < 4.78 is 88.2. The molecule has 0 aliphatic carbocycles. The molecule has 10 heteroatoms. The van der Waals surface area contributed by atoms with Crippen LogP contribution in [-0.2, 0) is 19.6 Å². The van der Waals surface area contributed by atoms with Crippen molar-refractivity contribution in [3.05, 3.63) is 0 Å². The Hall–Kier alpha value is -0.450. The van der Waals surface area contributed by atoms with E-state index >= 15 is 0 Å². The Morgan fingerprint density at radius 2 is 1.76 bits per heavy atom. The fourth-order valence-corrected chi connectivity index (χ4v) is 1.23. The molecule has 17 heavy (non-hydrogen) atoms. The highest BCUT2D eigenvalue weighted by Crippen LogP contribution is 2.40. The summed E-state index contributed by atoms with van der Waals surface area (Å²) in [4.78, 5) is 0. The predicted octanol–water partition coefficient (Wildman–Crippen LogP) is 1.50. The largest absolute Gasteiger partial charge is 0.431 e. The molecule has 0 aromatic heterocycles. The van der Waals surface area contributed by atoms with Crippen molar-refractivity contribution in [2.45, 2.75) is 30.8 Å². The van der Waals surface area contributed by atoms with E-state index in [4.69, 9.17) is 4.55 Å². The molecule has 0 aliphatic heterocycles. The summed E-state index contributed by atoms with van der Waals surface area (Å²) in [6.07, 6.45) is -2.47. The van der Waals surface area contributed by atoms with E-state index in [2.05, 4.69) is 9.47 Å². The van der Waals surface area contributed by atoms with E-state index in [1.54, 1.807) is 0 Å². The first kappa shape index (κ1) is 16.6. The van der Waals surface area contributed by atoms with Crippen LogP contribution in [0.1, 0.15) is 13.3 Å². The molecular formula is C7H12F4O5S. The number of methoxy groups -OCH3 is 1.